The van der Waals surface area contributed by atoms with Crippen molar-refractivity contribution in [1.29, 1.82) is 0 Å². The van der Waals surface area contributed by atoms with Crippen molar-refractivity contribution in [3.63, 3.8) is 0 Å². The molecule has 0 fully saturated rings. The monoisotopic (exact) mass is 224 g/mol. The summed E-state index contributed by atoms with van der Waals surface area (Å²) in [4.78, 5) is 11.4. The summed E-state index contributed by atoms with van der Waals surface area (Å²) < 4.78 is 1.66. The fourth-order valence-corrected chi connectivity index (χ4v) is 2.06. The molecule has 0 radical (unpaired) electrons. The van der Waals surface area contributed by atoms with Crippen molar-refractivity contribution in [3.8, 4) is 0 Å². The Morgan fingerprint density at radius 3 is 2.31 bits per heavy atom. The van der Waals surface area contributed by atoms with Gasteiger partial charge >= 0.3 is 5.97 Å². The van der Waals surface area contributed by atoms with Crippen molar-refractivity contribution in [2.45, 2.75) is 53.0 Å². The molecule has 0 saturated heterocycles. The zero-order chi connectivity index (χ0) is 12.5. The molecule has 0 aromatic carbocycles. The smallest absolute Gasteiger partial charge is 0.331 e. The Morgan fingerprint density at radius 1 is 1.44 bits per heavy atom. The predicted molar refractivity (Wildman–Crippen MR) is 62.7 cm³/mol. The molecule has 16 heavy (non-hydrogen) atoms. The molecule has 4 heteroatoms. The Balaban J connectivity index is 3.38. The van der Waals surface area contributed by atoms with E-state index in [1.54, 1.807) is 11.6 Å². The van der Waals surface area contributed by atoms with E-state index in [1.165, 1.54) is 0 Å². The average Bonchev–Trinajstić information content (AvgIpc) is 2.52. The first-order valence-corrected chi connectivity index (χ1v) is 5.67. The van der Waals surface area contributed by atoms with Crippen LogP contribution in [0.15, 0.2) is 0 Å². The Morgan fingerprint density at radius 2 is 2.00 bits per heavy atom. The lowest BCUT2D eigenvalue weighted by molar-refractivity contribution is -0.147. The van der Waals surface area contributed by atoms with Crippen LogP contribution in [0.1, 0.15) is 44.1 Å². The zero-order valence-electron chi connectivity index (χ0n) is 10.7. The quantitative estimate of drug-likeness (QED) is 0.853. The molecule has 1 aromatic rings. The van der Waals surface area contributed by atoms with Crippen molar-refractivity contribution >= 4 is 5.97 Å². The number of carboxylic acid groups (broad SMARTS) is 1. The Labute approximate surface area is 96.3 Å². The van der Waals surface area contributed by atoms with Crippen LogP contribution in [-0.4, -0.2) is 20.9 Å². The van der Waals surface area contributed by atoms with Crippen molar-refractivity contribution < 1.29 is 9.90 Å². The second-order valence-corrected chi connectivity index (χ2v) is 4.35. The van der Waals surface area contributed by atoms with Crippen LogP contribution in [0, 0.1) is 13.8 Å². The zero-order valence-corrected chi connectivity index (χ0v) is 10.7. The lowest BCUT2D eigenvalue weighted by Crippen LogP contribution is -2.39. The van der Waals surface area contributed by atoms with E-state index in [1.807, 2.05) is 20.8 Å². The summed E-state index contributed by atoms with van der Waals surface area (Å²) in [5.41, 5.74) is 2.11. The van der Waals surface area contributed by atoms with Gasteiger partial charge in [-0.3, -0.25) is 4.68 Å². The maximum absolute atomic E-state index is 11.4. The van der Waals surface area contributed by atoms with Gasteiger partial charge in [-0.25, -0.2) is 4.79 Å². The normalized spacial score (nSPS) is 14.8. The number of hydrogen-bond acceptors (Lipinski definition) is 2. The molecule has 1 heterocycles. The highest BCUT2D eigenvalue weighted by Gasteiger charge is 2.36. The number of carbonyl (C=O) groups is 1. The van der Waals surface area contributed by atoms with Crippen molar-refractivity contribution in [1.82, 2.24) is 9.78 Å². The summed E-state index contributed by atoms with van der Waals surface area (Å²) in [6.07, 6.45) is 1.41. The fourth-order valence-electron chi connectivity index (χ4n) is 2.06. The van der Waals surface area contributed by atoms with Gasteiger partial charge in [0.25, 0.3) is 0 Å². The van der Waals surface area contributed by atoms with Crippen LogP contribution in [-0.2, 0) is 16.8 Å². The van der Waals surface area contributed by atoms with E-state index >= 15 is 0 Å². The highest BCUT2D eigenvalue weighted by Crippen LogP contribution is 2.25. The van der Waals surface area contributed by atoms with E-state index in [-0.39, 0.29) is 0 Å². The van der Waals surface area contributed by atoms with Gasteiger partial charge in [-0.2, -0.15) is 5.10 Å². The number of hydrogen-bond donors (Lipinski definition) is 1. The predicted octanol–water partition coefficient (Wildman–Crippen LogP) is 2.27. The molecule has 0 saturated carbocycles. The van der Waals surface area contributed by atoms with Crippen LogP contribution in [0.2, 0.25) is 0 Å². The maximum Gasteiger partial charge on any atom is 0.331 e. The van der Waals surface area contributed by atoms with E-state index in [2.05, 4.69) is 12.0 Å². The standard InChI is InChI=1S/C12H20N2O2/c1-6-10-8(3)13-14(9(10)4)12(5,7-2)11(15)16/h6-7H2,1-5H3,(H,15,16). The molecule has 1 aromatic heterocycles. The number of rotatable bonds is 4. The lowest BCUT2D eigenvalue weighted by Gasteiger charge is -2.25. The van der Waals surface area contributed by atoms with Crippen LogP contribution >= 0.6 is 0 Å². The van der Waals surface area contributed by atoms with Gasteiger partial charge in [0.15, 0.2) is 5.54 Å². The van der Waals surface area contributed by atoms with E-state index in [4.69, 9.17) is 0 Å². The van der Waals surface area contributed by atoms with Gasteiger partial charge < -0.3 is 5.11 Å². The van der Waals surface area contributed by atoms with E-state index in [0.29, 0.717) is 6.42 Å². The number of nitrogens with zero attached hydrogens (tertiary/aromatic N) is 2. The summed E-state index contributed by atoms with van der Waals surface area (Å²) in [6.45, 7) is 9.52. The van der Waals surface area contributed by atoms with E-state index < -0.39 is 11.5 Å². The summed E-state index contributed by atoms with van der Waals surface area (Å²) in [7, 11) is 0. The summed E-state index contributed by atoms with van der Waals surface area (Å²) in [6, 6.07) is 0. The molecular weight excluding hydrogens is 204 g/mol. The van der Waals surface area contributed by atoms with Crippen LogP contribution in [0.5, 0.6) is 0 Å². The van der Waals surface area contributed by atoms with Gasteiger partial charge in [0.05, 0.1) is 5.69 Å². The molecule has 0 aliphatic heterocycles. The third-order valence-corrected chi connectivity index (χ3v) is 3.41. The van der Waals surface area contributed by atoms with Gasteiger partial charge in [0.1, 0.15) is 0 Å². The first-order valence-electron chi connectivity index (χ1n) is 5.67. The molecule has 0 bridgehead atoms. The SMILES string of the molecule is CCc1c(C)nn(C(C)(CC)C(=O)O)c1C. The molecule has 1 atom stereocenters. The maximum atomic E-state index is 11.4. The largest absolute Gasteiger partial charge is 0.479 e. The van der Waals surface area contributed by atoms with Gasteiger partial charge in [-0.15, -0.1) is 0 Å². The molecule has 1 rings (SSSR count). The third kappa shape index (κ3) is 1.72. The minimum absolute atomic E-state index is 0.521. The molecule has 90 valence electrons. The molecule has 1 N–H and O–H groups in total. The number of aliphatic carboxylic acids is 1. The number of aromatic nitrogens is 2. The molecular formula is C12H20N2O2. The molecule has 0 spiro atoms. The Kier molecular flexibility index (Phi) is 3.41. The second kappa shape index (κ2) is 4.28. The van der Waals surface area contributed by atoms with Crippen LogP contribution in [0.4, 0.5) is 0 Å². The first kappa shape index (κ1) is 12.7. The summed E-state index contributed by atoms with van der Waals surface area (Å²) in [5.74, 6) is -0.830. The van der Waals surface area contributed by atoms with Crippen LogP contribution < -0.4 is 0 Å². The Hall–Kier alpha value is -1.32. The number of aryl methyl sites for hydroxylation is 1. The van der Waals surface area contributed by atoms with Crippen molar-refractivity contribution in [2.75, 3.05) is 0 Å². The van der Waals surface area contributed by atoms with Crippen LogP contribution in [0.25, 0.3) is 0 Å². The van der Waals surface area contributed by atoms with Gasteiger partial charge in [0.2, 0.25) is 0 Å². The number of carboxylic acids is 1. The summed E-state index contributed by atoms with van der Waals surface area (Å²) >= 11 is 0. The van der Waals surface area contributed by atoms with Gasteiger partial charge in [-0.1, -0.05) is 13.8 Å². The van der Waals surface area contributed by atoms with E-state index in [9.17, 15) is 9.90 Å². The second-order valence-electron chi connectivity index (χ2n) is 4.35. The highest BCUT2D eigenvalue weighted by molar-refractivity contribution is 5.76. The minimum Gasteiger partial charge on any atom is -0.479 e. The first-order chi connectivity index (χ1) is 7.38. The third-order valence-electron chi connectivity index (χ3n) is 3.41. The minimum atomic E-state index is -0.942. The average molecular weight is 224 g/mol. The molecule has 4 nitrogen and oxygen atoms in total. The van der Waals surface area contributed by atoms with E-state index in [0.717, 1.165) is 23.4 Å². The van der Waals surface area contributed by atoms with Gasteiger partial charge in [0, 0.05) is 5.69 Å². The molecule has 0 aliphatic carbocycles. The lowest BCUT2D eigenvalue weighted by atomic mass is 9.99. The van der Waals surface area contributed by atoms with Gasteiger partial charge in [-0.05, 0) is 39.2 Å². The van der Waals surface area contributed by atoms with Crippen LogP contribution in [0.3, 0.4) is 0 Å². The highest BCUT2D eigenvalue weighted by atomic mass is 16.4. The topological polar surface area (TPSA) is 55.1 Å². The molecule has 1 unspecified atom stereocenters. The summed E-state index contributed by atoms with van der Waals surface area (Å²) in [5, 5.41) is 13.7. The fraction of sp³-hybridized carbons (Fsp3) is 0.667. The molecule has 0 amide bonds. The van der Waals surface area contributed by atoms with Crippen molar-refractivity contribution in [2.24, 2.45) is 0 Å². The van der Waals surface area contributed by atoms with Crippen molar-refractivity contribution in [3.05, 3.63) is 17.0 Å². The molecule has 0 aliphatic rings. The Bertz CT molecular complexity index is 409.